The van der Waals surface area contributed by atoms with Crippen LogP contribution >= 0.6 is 0 Å². The standard InChI is InChI=1S/C13H18F3N5/c14-13(15,16)12-19-10(5-11(20-12)21-17)18-6-9(7-1-2-7)8-3-4-8/h5,7-9H,1-4,6,17H2,(H2,18,19,20,21). The Morgan fingerprint density at radius 1 is 1.14 bits per heavy atom. The first-order valence-electron chi connectivity index (χ1n) is 7.14. The molecule has 1 heterocycles. The van der Waals surface area contributed by atoms with Crippen LogP contribution in [0.2, 0.25) is 0 Å². The van der Waals surface area contributed by atoms with Crippen molar-refractivity contribution in [3.05, 3.63) is 11.9 Å². The number of hydrazine groups is 1. The van der Waals surface area contributed by atoms with Gasteiger partial charge in [0, 0.05) is 12.6 Å². The zero-order valence-electron chi connectivity index (χ0n) is 11.5. The first-order chi connectivity index (χ1) is 9.97. The molecule has 0 saturated heterocycles. The monoisotopic (exact) mass is 301 g/mol. The van der Waals surface area contributed by atoms with E-state index in [2.05, 4.69) is 20.7 Å². The average molecular weight is 301 g/mol. The molecule has 0 radical (unpaired) electrons. The van der Waals surface area contributed by atoms with Gasteiger partial charge in [0.15, 0.2) is 0 Å². The van der Waals surface area contributed by atoms with E-state index >= 15 is 0 Å². The van der Waals surface area contributed by atoms with Crippen LogP contribution in [-0.4, -0.2) is 16.5 Å². The number of alkyl halides is 3. The van der Waals surface area contributed by atoms with Crippen LogP contribution in [0.15, 0.2) is 6.07 Å². The molecule has 2 fully saturated rings. The summed E-state index contributed by atoms with van der Waals surface area (Å²) in [5, 5.41) is 3.03. The van der Waals surface area contributed by atoms with Crippen molar-refractivity contribution in [2.75, 3.05) is 17.3 Å². The SMILES string of the molecule is NNc1cc(NCC(C2CC2)C2CC2)nc(C(F)(F)F)n1. The van der Waals surface area contributed by atoms with Crippen molar-refractivity contribution in [1.82, 2.24) is 9.97 Å². The van der Waals surface area contributed by atoms with Crippen molar-refractivity contribution >= 4 is 11.6 Å². The van der Waals surface area contributed by atoms with Crippen molar-refractivity contribution in [2.45, 2.75) is 31.9 Å². The summed E-state index contributed by atoms with van der Waals surface area (Å²) in [4.78, 5) is 6.87. The van der Waals surface area contributed by atoms with Crippen LogP contribution in [0.25, 0.3) is 0 Å². The number of anilines is 2. The molecular weight excluding hydrogens is 283 g/mol. The van der Waals surface area contributed by atoms with Gasteiger partial charge in [-0.15, -0.1) is 0 Å². The topological polar surface area (TPSA) is 75.9 Å². The molecular formula is C13H18F3N5. The summed E-state index contributed by atoms with van der Waals surface area (Å²) in [5.41, 5.74) is 2.15. The molecule has 0 atom stereocenters. The van der Waals surface area contributed by atoms with E-state index in [1.807, 2.05) is 0 Å². The van der Waals surface area contributed by atoms with Gasteiger partial charge in [-0.25, -0.2) is 15.8 Å². The summed E-state index contributed by atoms with van der Waals surface area (Å²) >= 11 is 0. The minimum Gasteiger partial charge on any atom is -0.370 e. The molecule has 4 N–H and O–H groups in total. The van der Waals surface area contributed by atoms with Gasteiger partial charge in [-0.2, -0.15) is 13.2 Å². The van der Waals surface area contributed by atoms with Crippen LogP contribution in [0.5, 0.6) is 0 Å². The zero-order valence-corrected chi connectivity index (χ0v) is 11.5. The lowest BCUT2D eigenvalue weighted by molar-refractivity contribution is -0.144. The van der Waals surface area contributed by atoms with E-state index in [0.29, 0.717) is 12.5 Å². The van der Waals surface area contributed by atoms with Crippen LogP contribution in [0.1, 0.15) is 31.5 Å². The molecule has 0 amide bonds. The Morgan fingerprint density at radius 2 is 1.71 bits per heavy atom. The lowest BCUT2D eigenvalue weighted by Gasteiger charge is -2.17. The summed E-state index contributed by atoms with van der Waals surface area (Å²) in [6.45, 7) is 0.660. The zero-order chi connectivity index (χ0) is 15.0. The van der Waals surface area contributed by atoms with Gasteiger partial charge in [0.1, 0.15) is 11.6 Å². The van der Waals surface area contributed by atoms with Crippen molar-refractivity contribution in [3.63, 3.8) is 0 Å². The smallest absolute Gasteiger partial charge is 0.370 e. The quantitative estimate of drug-likeness (QED) is 0.556. The number of nitrogen functional groups attached to an aromatic ring is 1. The number of nitrogens with two attached hydrogens (primary N) is 1. The highest BCUT2D eigenvalue weighted by molar-refractivity contribution is 5.47. The molecule has 8 heteroatoms. The second kappa shape index (κ2) is 5.32. The molecule has 0 aromatic carbocycles. The summed E-state index contributed by atoms with van der Waals surface area (Å²) < 4.78 is 38.2. The molecule has 2 aliphatic rings. The molecule has 0 bridgehead atoms. The highest BCUT2D eigenvalue weighted by Gasteiger charge is 2.41. The van der Waals surface area contributed by atoms with Crippen LogP contribution < -0.4 is 16.6 Å². The van der Waals surface area contributed by atoms with E-state index < -0.39 is 12.0 Å². The molecule has 0 spiro atoms. The van der Waals surface area contributed by atoms with Crippen LogP contribution in [0.4, 0.5) is 24.8 Å². The average Bonchev–Trinajstić information content (AvgIpc) is 3.30. The Labute approximate surface area is 120 Å². The Morgan fingerprint density at radius 3 is 2.19 bits per heavy atom. The molecule has 1 aromatic heterocycles. The molecule has 0 unspecified atom stereocenters. The largest absolute Gasteiger partial charge is 0.451 e. The first kappa shape index (κ1) is 14.4. The van der Waals surface area contributed by atoms with Gasteiger partial charge >= 0.3 is 6.18 Å². The number of rotatable bonds is 6. The third-order valence-electron chi connectivity index (χ3n) is 4.10. The number of nitrogens with zero attached hydrogens (tertiary/aromatic N) is 2. The Balaban J connectivity index is 1.71. The summed E-state index contributed by atoms with van der Waals surface area (Å²) in [5.74, 6) is 6.09. The summed E-state index contributed by atoms with van der Waals surface area (Å²) in [6.07, 6.45) is 0.341. The van der Waals surface area contributed by atoms with Crippen molar-refractivity contribution in [1.29, 1.82) is 0 Å². The number of hydrogen-bond acceptors (Lipinski definition) is 5. The fourth-order valence-electron chi connectivity index (χ4n) is 2.73. The predicted octanol–water partition coefficient (Wildman–Crippen LogP) is 2.63. The molecule has 21 heavy (non-hydrogen) atoms. The third kappa shape index (κ3) is 3.55. The maximum Gasteiger partial charge on any atom is 0.451 e. The Bertz CT molecular complexity index is 499. The lowest BCUT2D eigenvalue weighted by atomic mass is 9.98. The van der Waals surface area contributed by atoms with Gasteiger partial charge in [0.05, 0.1) is 0 Å². The summed E-state index contributed by atoms with van der Waals surface area (Å²) in [6, 6.07) is 1.39. The molecule has 2 aliphatic carbocycles. The molecule has 5 nitrogen and oxygen atoms in total. The summed E-state index contributed by atoms with van der Waals surface area (Å²) in [7, 11) is 0. The second-order valence-electron chi connectivity index (χ2n) is 5.82. The van der Waals surface area contributed by atoms with E-state index in [1.165, 1.54) is 31.7 Å². The van der Waals surface area contributed by atoms with E-state index in [1.54, 1.807) is 0 Å². The van der Waals surface area contributed by atoms with E-state index in [4.69, 9.17) is 5.84 Å². The van der Waals surface area contributed by atoms with Gasteiger partial charge < -0.3 is 10.7 Å². The van der Waals surface area contributed by atoms with Gasteiger partial charge in [-0.05, 0) is 43.4 Å². The van der Waals surface area contributed by atoms with Gasteiger partial charge in [0.2, 0.25) is 5.82 Å². The molecule has 2 saturated carbocycles. The van der Waals surface area contributed by atoms with Crippen molar-refractivity contribution < 1.29 is 13.2 Å². The predicted molar refractivity (Wildman–Crippen MR) is 72.3 cm³/mol. The fraction of sp³-hybridized carbons (Fsp3) is 0.692. The van der Waals surface area contributed by atoms with Crippen LogP contribution in [-0.2, 0) is 6.18 Å². The normalized spacial score (nSPS) is 18.9. The number of nitrogens with one attached hydrogen (secondary N) is 2. The maximum absolute atomic E-state index is 12.7. The number of aromatic nitrogens is 2. The maximum atomic E-state index is 12.7. The lowest BCUT2D eigenvalue weighted by Crippen LogP contribution is -2.21. The highest BCUT2D eigenvalue weighted by Crippen LogP contribution is 2.49. The van der Waals surface area contributed by atoms with E-state index in [-0.39, 0.29) is 11.6 Å². The van der Waals surface area contributed by atoms with Gasteiger partial charge in [-0.1, -0.05) is 0 Å². The minimum atomic E-state index is -4.59. The van der Waals surface area contributed by atoms with E-state index in [0.717, 1.165) is 11.8 Å². The minimum absolute atomic E-state index is 0.0470. The van der Waals surface area contributed by atoms with E-state index in [9.17, 15) is 13.2 Å². The fourth-order valence-corrected chi connectivity index (χ4v) is 2.73. The van der Waals surface area contributed by atoms with Crippen LogP contribution in [0, 0.1) is 17.8 Å². The van der Waals surface area contributed by atoms with Gasteiger partial charge in [-0.3, -0.25) is 0 Å². The molecule has 116 valence electrons. The molecule has 3 rings (SSSR count). The van der Waals surface area contributed by atoms with Crippen LogP contribution in [0.3, 0.4) is 0 Å². The molecule has 1 aromatic rings. The van der Waals surface area contributed by atoms with Crippen molar-refractivity contribution in [2.24, 2.45) is 23.6 Å². The Hall–Kier alpha value is -1.57. The second-order valence-corrected chi connectivity index (χ2v) is 5.82. The number of hydrogen-bond donors (Lipinski definition) is 3. The third-order valence-corrected chi connectivity index (χ3v) is 4.10. The van der Waals surface area contributed by atoms with Gasteiger partial charge in [0.25, 0.3) is 0 Å². The first-order valence-corrected chi connectivity index (χ1v) is 7.14. The van der Waals surface area contributed by atoms with Crippen molar-refractivity contribution in [3.8, 4) is 0 Å². The Kier molecular flexibility index (Phi) is 3.64. The molecule has 0 aliphatic heterocycles. The number of halogens is 3. The highest BCUT2D eigenvalue weighted by atomic mass is 19.4.